The van der Waals surface area contributed by atoms with Gasteiger partial charge in [0.25, 0.3) is 5.91 Å². The summed E-state index contributed by atoms with van der Waals surface area (Å²) < 4.78 is 0. The van der Waals surface area contributed by atoms with Crippen LogP contribution in [0.1, 0.15) is 40.8 Å². The third kappa shape index (κ3) is 3.57. The van der Waals surface area contributed by atoms with Gasteiger partial charge in [0, 0.05) is 17.8 Å². The Bertz CT molecular complexity index is 748. The highest BCUT2D eigenvalue weighted by atomic mass is 32.1. The van der Waals surface area contributed by atoms with Crippen molar-refractivity contribution in [2.45, 2.75) is 25.8 Å². The quantitative estimate of drug-likeness (QED) is 0.838. The number of likely N-dealkylation sites (tertiary alicyclic amines) is 1. The van der Waals surface area contributed by atoms with E-state index >= 15 is 0 Å². The summed E-state index contributed by atoms with van der Waals surface area (Å²) in [6, 6.07) is -0.0346. The SMILES string of the molecule is Cc1nc([C@@H]2CCCN2CC(=O)Nc2nccs2)ncc1C(N)=O. The van der Waals surface area contributed by atoms with Gasteiger partial charge in [-0.3, -0.25) is 14.5 Å². The molecule has 0 spiro atoms. The largest absolute Gasteiger partial charge is 0.365 e. The Labute approximate surface area is 143 Å². The molecule has 0 bridgehead atoms. The fraction of sp³-hybridized carbons (Fsp3) is 0.400. The zero-order chi connectivity index (χ0) is 17.1. The molecule has 8 nitrogen and oxygen atoms in total. The molecule has 1 saturated heterocycles. The number of hydrogen-bond donors (Lipinski definition) is 2. The highest BCUT2D eigenvalue weighted by Gasteiger charge is 2.30. The third-order valence-corrected chi connectivity index (χ3v) is 4.64. The van der Waals surface area contributed by atoms with Gasteiger partial charge in [0.1, 0.15) is 5.82 Å². The second-order valence-electron chi connectivity index (χ2n) is 5.61. The molecule has 0 radical (unpaired) electrons. The number of nitrogens with one attached hydrogen (secondary N) is 1. The molecule has 9 heteroatoms. The smallest absolute Gasteiger partial charge is 0.252 e. The molecule has 1 aliphatic rings. The molecule has 1 aliphatic heterocycles. The van der Waals surface area contributed by atoms with E-state index in [2.05, 4.69) is 20.3 Å². The first-order valence-electron chi connectivity index (χ1n) is 7.61. The Balaban J connectivity index is 1.70. The summed E-state index contributed by atoms with van der Waals surface area (Å²) in [7, 11) is 0. The molecule has 0 unspecified atom stereocenters. The van der Waals surface area contributed by atoms with Crippen molar-refractivity contribution in [2.75, 3.05) is 18.4 Å². The van der Waals surface area contributed by atoms with Gasteiger partial charge in [-0.25, -0.2) is 15.0 Å². The number of nitrogens with zero attached hydrogens (tertiary/aromatic N) is 4. The molecular weight excluding hydrogens is 328 g/mol. The standard InChI is InChI=1S/C15H18N6O2S/c1-9-10(13(16)23)7-18-14(19-9)11-3-2-5-21(11)8-12(22)20-15-17-4-6-24-15/h4,6-7,11H,2-3,5,8H2,1H3,(H2,16,23)(H,17,20,22)/t11-/m0/s1. The number of nitrogens with two attached hydrogens (primary N) is 1. The average Bonchev–Trinajstić information content (AvgIpc) is 3.18. The molecule has 126 valence electrons. The van der Waals surface area contributed by atoms with E-state index in [0.29, 0.717) is 22.2 Å². The number of aromatic nitrogens is 3. The minimum atomic E-state index is -0.537. The Hall–Kier alpha value is -2.39. The highest BCUT2D eigenvalue weighted by Crippen LogP contribution is 2.29. The van der Waals surface area contributed by atoms with Gasteiger partial charge in [0.05, 0.1) is 23.8 Å². The summed E-state index contributed by atoms with van der Waals surface area (Å²) >= 11 is 1.38. The first kappa shape index (κ1) is 16.5. The number of rotatable bonds is 5. The van der Waals surface area contributed by atoms with Crippen LogP contribution in [0.2, 0.25) is 0 Å². The molecule has 3 rings (SSSR count). The van der Waals surface area contributed by atoms with Crippen molar-refractivity contribution in [3.63, 3.8) is 0 Å². The molecule has 2 aromatic rings. The van der Waals surface area contributed by atoms with Crippen LogP contribution in [0.25, 0.3) is 0 Å². The van der Waals surface area contributed by atoms with E-state index in [1.165, 1.54) is 17.5 Å². The van der Waals surface area contributed by atoms with Gasteiger partial charge in [-0.2, -0.15) is 0 Å². The number of primary amides is 1. The lowest BCUT2D eigenvalue weighted by molar-refractivity contribution is -0.117. The zero-order valence-corrected chi connectivity index (χ0v) is 14.0. The van der Waals surface area contributed by atoms with Crippen molar-refractivity contribution in [1.82, 2.24) is 19.9 Å². The molecule has 0 saturated carbocycles. The van der Waals surface area contributed by atoms with Crippen LogP contribution in [0.5, 0.6) is 0 Å². The predicted octanol–water partition coefficient (Wildman–Crippen LogP) is 1.12. The monoisotopic (exact) mass is 346 g/mol. The molecule has 3 N–H and O–H groups in total. The summed E-state index contributed by atoms with van der Waals surface area (Å²) in [5.74, 6) is -0.0236. The number of anilines is 1. The summed E-state index contributed by atoms with van der Waals surface area (Å²) in [5, 5.41) is 5.18. The van der Waals surface area contributed by atoms with E-state index in [0.717, 1.165) is 19.4 Å². The van der Waals surface area contributed by atoms with Crippen molar-refractivity contribution in [3.8, 4) is 0 Å². The van der Waals surface area contributed by atoms with Gasteiger partial charge in [-0.05, 0) is 26.3 Å². The van der Waals surface area contributed by atoms with Crippen LogP contribution >= 0.6 is 11.3 Å². The lowest BCUT2D eigenvalue weighted by Gasteiger charge is -2.22. The Kier molecular flexibility index (Phi) is 4.81. The molecule has 2 amide bonds. The average molecular weight is 346 g/mol. The summed E-state index contributed by atoms with van der Waals surface area (Å²) in [4.78, 5) is 38.2. The van der Waals surface area contributed by atoms with E-state index in [4.69, 9.17) is 5.73 Å². The van der Waals surface area contributed by atoms with Crippen LogP contribution < -0.4 is 11.1 Å². The first-order valence-corrected chi connectivity index (χ1v) is 8.49. The third-order valence-electron chi connectivity index (χ3n) is 3.95. The van der Waals surface area contributed by atoms with E-state index in [9.17, 15) is 9.59 Å². The van der Waals surface area contributed by atoms with Crippen molar-refractivity contribution < 1.29 is 9.59 Å². The molecule has 2 aromatic heterocycles. The Morgan fingerprint density at radius 2 is 2.29 bits per heavy atom. The van der Waals surface area contributed by atoms with Gasteiger partial charge in [-0.1, -0.05) is 0 Å². The van der Waals surface area contributed by atoms with Gasteiger partial charge >= 0.3 is 0 Å². The molecule has 1 fully saturated rings. The lowest BCUT2D eigenvalue weighted by Crippen LogP contribution is -2.33. The van der Waals surface area contributed by atoms with Crippen molar-refractivity contribution in [1.29, 1.82) is 0 Å². The fourth-order valence-electron chi connectivity index (χ4n) is 2.82. The summed E-state index contributed by atoms with van der Waals surface area (Å²) in [6.45, 7) is 2.79. The number of hydrogen-bond acceptors (Lipinski definition) is 7. The second-order valence-corrected chi connectivity index (χ2v) is 6.50. The van der Waals surface area contributed by atoms with Crippen LogP contribution in [0.4, 0.5) is 5.13 Å². The maximum absolute atomic E-state index is 12.2. The topological polar surface area (TPSA) is 114 Å². The van der Waals surface area contributed by atoms with Gasteiger partial charge < -0.3 is 11.1 Å². The molecule has 0 aliphatic carbocycles. The van der Waals surface area contributed by atoms with Crippen LogP contribution in [0.3, 0.4) is 0 Å². The summed E-state index contributed by atoms with van der Waals surface area (Å²) in [6.07, 6.45) is 4.96. The molecule has 24 heavy (non-hydrogen) atoms. The zero-order valence-electron chi connectivity index (χ0n) is 13.2. The lowest BCUT2D eigenvalue weighted by atomic mass is 10.1. The first-order chi connectivity index (χ1) is 11.5. The van der Waals surface area contributed by atoms with Gasteiger partial charge in [-0.15, -0.1) is 11.3 Å². The van der Waals surface area contributed by atoms with Crippen molar-refractivity contribution in [3.05, 3.63) is 34.9 Å². The van der Waals surface area contributed by atoms with Crippen LogP contribution in [-0.4, -0.2) is 44.8 Å². The maximum Gasteiger partial charge on any atom is 0.252 e. The number of carbonyl (C=O) groups is 2. The fourth-order valence-corrected chi connectivity index (χ4v) is 3.37. The van der Waals surface area contributed by atoms with E-state index in [1.54, 1.807) is 13.1 Å². The molecule has 3 heterocycles. The van der Waals surface area contributed by atoms with E-state index < -0.39 is 5.91 Å². The number of thiazole rings is 1. The highest BCUT2D eigenvalue weighted by molar-refractivity contribution is 7.13. The van der Waals surface area contributed by atoms with Crippen LogP contribution in [0.15, 0.2) is 17.8 Å². The Morgan fingerprint density at radius 3 is 2.96 bits per heavy atom. The normalized spacial score (nSPS) is 17.8. The number of aryl methyl sites for hydroxylation is 1. The van der Waals surface area contributed by atoms with Gasteiger partial charge in [0.2, 0.25) is 5.91 Å². The van der Waals surface area contributed by atoms with Crippen LogP contribution in [-0.2, 0) is 4.79 Å². The molecular formula is C15H18N6O2S. The number of amides is 2. The molecule has 0 aromatic carbocycles. The minimum absolute atomic E-state index is 0.0346. The van der Waals surface area contributed by atoms with E-state index in [1.807, 2.05) is 10.3 Å². The number of carbonyl (C=O) groups excluding carboxylic acids is 2. The Morgan fingerprint density at radius 1 is 1.46 bits per heavy atom. The predicted molar refractivity (Wildman–Crippen MR) is 89.6 cm³/mol. The summed E-state index contributed by atoms with van der Waals surface area (Å²) in [5.41, 5.74) is 6.17. The maximum atomic E-state index is 12.2. The van der Waals surface area contributed by atoms with Crippen molar-refractivity contribution in [2.24, 2.45) is 5.73 Å². The second kappa shape index (κ2) is 7.02. The van der Waals surface area contributed by atoms with E-state index in [-0.39, 0.29) is 18.5 Å². The minimum Gasteiger partial charge on any atom is -0.365 e. The van der Waals surface area contributed by atoms with Crippen molar-refractivity contribution >= 4 is 28.3 Å². The van der Waals surface area contributed by atoms with Crippen LogP contribution in [0, 0.1) is 6.92 Å². The molecule has 1 atom stereocenters. The van der Waals surface area contributed by atoms with Gasteiger partial charge in [0.15, 0.2) is 5.13 Å².